The van der Waals surface area contributed by atoms with E-state index in [4.69, 9.17) is 4.74 Å². The van der Waals surface area contributed by atoms with Gasteiger partial charge in [-0.2, -0.15) is 0 Å². The molecule has 0 saturated carbocycles. The Morgan fingerprint density at radius 3 is 2.32 bits per heavy atom. The third-order valence-corrected chi connectivity index (χ3v) is 4.94. The molecule has 31 heavy (non-hydrogen) atoms. The fraction of sp³-hybridized carbons (Fsp3) is 0.375. The van der Waals surface area contributed by atoms with Crippen LogP contribution in [0.2, 0.25) is 0 Å². The van der Waals surface area contributed by atoms with Gasteiger partial charge in [0.05, 0.1) is 13.1 Å². The highest BCUT2D eigenvalue weighted by Gasteiger charge is 2.36. The average molecular weight is 424 g/mol. The largest absolute Gasteiger partial charge is 0.444 e. The number of aryl methyl sites for hydroxylation is 1. The van der Waals surface area contributed by atoms with E-state index in [1.54, 1.807) is 32.9 Å². The molecule has 0 spiro atoms. The minimum absolute atomic E-state index is 0.187. The Hall–Kier alpha value is -3.35. The number of carbonyl (C=O) groups excluding carboxylic acids is 3. The maximum absolute atomic E-state index is 12.9. The van der Waals surface area contributed by atoms with Gasteiger partial charge < -0.3 is 15.4 Å². The second-order valence-electron chi connectivity index (χ2n) is 8.73. The minimum atomic E-state index is -0.753. The number of nitrogens with one attached hydrogen (secondary N) is 2. The van der Waals surface area contributed by atoms with E-state index < -0.39 is 17.7 Å². The maximum atomic E-state index is 12.9. The number of rotatable bonds is 4. The zero-order valence-corrected chi connectivity index (χ0v) is 18.4. The van der Waals surface area contributed by atoms with Crippen LogP contribution in [0.25, 0.3) is 0 Å². The first-order valence-corrected chi connectivity index (χ1v) is 10.3. The lowest BCUT2D eigenvalue weighted by molar-refractivity contribution is -0.128. The zero-order chi connectivity index (χ0) is 22.6. The Morgan fingerprint density at radius 1 is 1.03 bits per heavy atom. The second kappa shape index (κ2) is 9.20. The third-order valence-electron chi connectivity index (χ3n) is 4.94. The van der Waals surface area contributed by atoms with E-state index in [-0.39, 0.29) is 24.9 Å². The Morgan fingerprint density at radius 2 is 1.68 bits per heavy atom. The molecule has 0 fully saturated rings. The molecule has 1 aliphatic heterocycles. The molecule has 3 amide bonds. The number of fused-ring (bicyclic) bond motifs is 1. The number of anilines is 1. The summed E-state index contributed by atoms with van der Waals surface area (Å²) in [5, 5.41) is 5.41. The van der Waals surface area contributed by atoms with Crippen LogP contribution in [0.4, 0.5) is 10.5 Å². The fourth-order valence-electron chi connectivity index (χ4n) is 3.40. The highest BCUT2D eigenvalue weighted by Crippen LogP contribution is 2.25. The monoisotopic (exact) mass is 423 g/mol. The van der Waals surface area contributed by atoms with Crippen molar-refractivity contribution in [1.82, 2.24) is 10.2 Å². The summed E-state index contributed by atoms with van der Waals surface area (Å²) in [6.07, 6.45) is -0.188. The lowest BCUT2D eigenvalue weighted by Gasteiger charge is -2.36. The van der Waals surface area contributed by atoms with Gasteiger partial charge in [0, 0.05) is 12.1 Å². The lowest BCUT2D eigenvalue weighted by Crippen LogP contribution is -2.54. The summed E-state index contributed by atoms with van der Waals surface area (Å²) < 4.78 is 5.51. The first-order valence-electron chi connectivity index (χ1n) is 10.3. The zero-order valence-electron chi connectivity index (χ0n) is 18.4. The van der Waals surface area contributed by atoms with Crippen LogP contribution in [-0.2, 0) is 27.3 Å². The summed E-state index contributed by atoms with van der Waals surface area (Å²) in [6, 6.07) is 14.3. The van der Waals surface area contributed by atoms with Gasteiger partial charge in [-0.05, 0) is 51.0 Å². The molecule has 2 N–H and O–H groups in total. The van der Waals surface area contributed by atoms with E-state index in [9.17, 15) is 14.4 Å². The van der Waals surface area contributed by atoms with Gasteiger partial charge in [-0.1, -0.05) is 42.0 Å². The van der Waals surface area contributed by atoms with E-state index in [0.29, 0.717) is 12.1 Å². The number of nitrogens with zero attached hydrogens (tertiary/aromatic N) is 1. The summed E-state index contributed by atoms with van der Waals surface area (Å²) in [4.78, 5) is 39.4. The number of hydrogen-bond donors (Lipinski definition) is 2. The van der Waals surface area contributed by atoms with Gasteiger partial charge in [0.15, 0.2) is 0 Å². The molecule has 2 aromatic carbocycles. The van der Waals surface area contributed by atoms with Crippen LogP contribution in [0.15, 0.2) is 48.5 Å². The molecule has 0 bridgehead atoms. The molecule has 1 heterocycles. The van der Waals surface area contributed by atoms with Crippen LogP contribution in [-0.4, -0.2) is 41.0 Å². The first kappa shape index (κ1) is 22.3. The average Bonchev–Trinajstić information content (AvgIpc) is 2.71. The number of amides is 3. The summed E-state index contributed by atoms with van der Waals surface area (Å²) in [5.41, 5.74) is 3.06. The van der Waals surface area contributed by atoms with Crippen molar-refractivity contribution in [1.29, 1.82) is 0 Å². The predicted molar refractivity (Wildman–Crippen MR) is 119 cm³/mol. The van der Waals surface area contributed by atoms with Gasteiger partial charge in [0.25, 0.3) is 0 Å². The van der Waals surface area contributed by atoms with Crippen molar-refractivity contribution in [3.05, 3.63) is 65.2 Å². The second-order valence-corrected chi connectivity index (χ2v) is 8.73. The first-order chi connectivity index (χ1) is 14.6. The van der Waals surface area contributed by atoms with Crippen molar-refractivity contribution in [2.75, 3.05) is 11.9 Å². The molecule has 7 nitrogen and oxygen atoms in total. The topological polar surface area (TPSA) is 87.7 Å². The molecule has 1 aliphatic rings. The molecule has 7 heteroatoms. The quantitative estimate of drug-likeness (QED) is 0.789. The van der Waals surface area contributed by atoms with Crippen LogP contribution in [0.5, 0.6) is 0 Å². The van der Waals surface area contributed by atoms with Crippen molar-refractivity contribution in [2.45, 2.75) is 52.3 Å². The molecule has 0 saturated heterocycles. The third kappa shape index (κ3) is 6.07. The highest BCUT2D eigenvalue weighted by atomic mass is 16.6. The van der Waals surface area contributed by atoms with E-state index in [2.05, 4.69) is 10.6 Å². The van der Waals surface area contributed by atoms with Crippen LogP contribution in [0, 0.1) is 6.92 Å². The predicted octanol–water partition coefficient (Wildman–Crippen LogP) is 3.41. The van der Waals surface area contributed by atoms with E-state index >= 15 is 0 Å². The molecule has 0 unspecified atom stereocenters. The summed E-state index contributed by atoms with van der Waals surface area (Å²) >= 11 is 0. The van der Waals surface area contributed by atoms with Crippen LogP contribution in [0.1, 0.15) is 37.5 Å². The SMILES string of the molecule is Cc1ccc(NC(=O)CNC(=O)[C@@H]2Cc3ccccc3CN2C(=O)OC(C)(C)C)cc1. The van der Waals surface area contributed by atoms with Crippen molar-refractivity contribution in [2.24, 2.45) is 0 Å². The van der Waals surface area contributed by atoms with Gasteiger partial charge in [-0.3, -0.25) is 14.5 Å². The number of hydrogen-bond acceptors (Lipinski definition) is 4. The molecule has 3 rings (SSSR count). The van der Waals surface area contributed by atoms with Gasteiger partial charge >= 0.3 is 6.09 Å². The van der Waals surface area contributed by atoms with E-state index in [1.165, 1.54) is 4.90 Å². The Labute approximate surface area is 182 Å². The summed E-state index contributed by atoms with van der Waals surface area (Å²) in [6.45, 7) is 7.41. The Bertz CT molecular complexity index is 964. The molecule has 0 aliphatic carbocycles. The van der Waals surface area contributed by atoms with Crippen molar-refractivity contribution < 1.29 is 19.1 Å². The molecule has 1 atom stereocenters. The summed E-state index contributed by atoms with van der Waals surface area (Å²) in [5.74, 6) is -0.725. The van der Waals surface area contributed by atoms with Gasteiger partial charge in [0.1, 0.15) is 11.6 Å². The van der Waals surface area contributed by atoms with Gasteiger partial charge in [-0.15, -0.1) is 0 Å². The molecule has 0 radical (unpaired) electrons. The molecule has 2 aromatic rings. The summed E-state index contributed by atoms with van der Waals surface area (Å²) in [7, 11) is 0. The van der Waals surface area contributed by atoms with Crippen molar-refractivity contribution in [3.8, 4) is 0 Å². The van der Waals surface area contributed by atoms with Crippen molar-refractivity contribution in [3.63, 3.8) is 0 Å². The van der Waals surface area contributed by atoms with Gasteiger partial charge in [0.2, 0.25) is 11.8 Å². The van der Waals surface area contributed by atoms with E-state index in [1.807, 2.05) is 43.3 Å². The van der Waals surface area contributed by atoms with Crippen molar-refractivity contribution >= 4 is 23.6 Å². The normalized spacial score (nSPS) is 15.6. The maximum Gasteiger partial charge on any atom is 0.411 e. The standard InChI is InChI=1S/C24H29N3O4/c1-16-9-11-19(12-10-16)26-21(28)14-25-22(29)20-13-17-7-5-6-8-18(17)15-27(20)23(30)31-24(2,3)4/h5-12,20H,13-15H2,1-4H3,(H,25,29)(H,26,28)/t20-/m0/s1. The molecular formula is C24H29N3O4. The number of benzene rings is 2. The Balaban J connectivity index is 1.68. The molecule has 164 valence electrons. The highest BCUT2D eigenvalue weighted by molar-refractivity contribution is 5.96. The fourth-order valence-corrected chi connectivity index (χ4v) is 3.40. The number of ether oxygens (including phenoxy) is 1. The lowest BCUT2D eigenvalue weighted by atomic mass is 9.94. The molecular weight excluding hydrogens is 394 g/mol. The van der Waals surface area contributed by atoms with Crippen LogP contribution < -0.4 is 10.6 Å². The van der Waals surface area contributed by atoms with Crippen LogP contribution in [0.3, 0.4) is 0 Å². The van der Waals surface area contributed by atoms with Gasteiger partial charge in [-0.25, -0.2) is 4.79 Å². The minimum Gasteiger partial charge on any atom is -0.444 e. The number of carbonyl (C=O) groups is 3. The smallest absolute Gasteiger partial charge is 0.411 e. The molecule has 0 aromatic heterocycles. The van der Waals surface area contributed by atoms with Crippen LogP contribution >= 0.6 is 0 Å². The van der Waals surface area contributed by atoms with E-state index in [0.717, 1.165) is 16.7 Å². The Kier molecular flexibility index (Phi) is 6.63.